The maximum absolute atomic E-state index is 12.8. The van der Waals surface area contributed by atoms with Crippen LogP contribution in [0.1, 0.15) is 22.2 Å². The summed E-state index contributed by atoms with van der Waals surface area (Å²) in [5.74, 6) is -0.571. The zero-order chi connectivity index (χ0) is 22.0. The van der Waals surface area contributed by atoms with E-state index in [2.05, 4.69) is 4.98 Å². The van der Waals surface area contributed by atoms with Gasteiger partial charge < -0.3 is 14.6 Å². The molecule has 0 spiro atoms. The molecule has 8 nitrogen and oxygen atoms in total. The number of carbonyl (C=O) groups excluding carboxylic acids is 1. The Balaban J connectivity index is 1.79. The quantitative estimate of drug-likeness (QED) is 0.367. The van der Waals surface area contributed by atoms with Crippen LogP contribution in [0.2, 0.25) is 0 Å². The third kappa shape index (κ3) is 3.87. The standard InChI is InChI=1S/C22H19N3O5S/c1-3-30-22(28)18-20(26)24-10-5-4-9-17(24)25(21(18)27)13-16-12-23-19(31-16)14-7-6-8-15(11-14)29-2/h4-12H,3,13H2,1-2H3/p+1. The van der Waals surface area contributed by atoms with Gasteiger partial charge in [-0.1, -0.05) is 18.2 Å². The number of hydrogen-bond acceptors (Lipinski definition) is 7. The summed E-state index contributed by atoms with van der Waals surface area (Å²) in [4.78, 5) is 30.5. The number of rotatable bonds is 6. The average Bonchev–Trinajstić information content (AvgIpc) is 3.26. The number of thiazole rings is 1. The van der Waals surface area contributed by atoms with Gasteiger partial charge in [0, 0.05) is 17.8 Å². The largest absolute Gasteiger partial charge is 0.497 e. The first kappa shape index (κ1) is 20.5. The van der Waals surface area contributed by atoms with Crippen molar-refractivity contribution in [2.45, 2.75) is 13.5 Å². The third-order valence-corrected chi connectivity index (χ3v) is 5.72. The molecule has 3 aromatic heterocycles. The zero-order valence-electron chi connectivity index (χ0n) is 16.9. The lowest BCUT2D eigenvalue weighted by atomic mass is 10.2. The van der Waals surface area contributed by atoms with Crippen molar-refractivity contribution in [3.8, 4) is 22.2 Å². The lowest BCUT2D eigenvalue weighted by molar-refractivity contribution is -0.671. The second kappa shape index (κ2) is 8.57. The molecule has 0 fully saturated rings. The fourth-order valence-electron chi connectivity index (χ4n) is 3.25. The van der Waals surface area contributed by atoms with Crippen LogP contribution in [-0.4, -0.2) is 34.2 Å². The molecular formula is C22H20N3O5S+. The van der Waals surface area contributed by atoms with E-state index in [1.54, 1.807) is 44.6 Å². The first-order valence-corrected chi connectivity index (χ1v) is 10.4. The number of hydrogen-bond donors (Lipinski definition) is 1. The van der Waals surface area contributed by atoms with E-state index in [1.165, 1.54) is 20.3 Å². The summed E-state index contributed by atoms with van der Waals surface area (Å²) in [6, 6.07) is 12.7. The predicted molar refractivity (Wildman–Crippen MR) is 115 cm³/mol. The van der Waals surface area contributed by atoms with Crippen LogP contribution in [0.5, 0.6) is 11.6 Å². The molecule has 1 N–H and O–H groups in total. The highest BCUT2D eigenvalue weighted by Crippen LogP contribution is 2.28. The molecule has 0 atom stereocenters. The number of aromatic nitrogens is 3. The molecule has 0 aliphatic heterocycles. The number of ether oxygens (including phenoxy) is 2. The molecule has 0 bridgehead atoms. The molecule has 0 amide bonds. The van der Waals surface area contributed by atoms with E-state index in [-0.39, 0.29) is 13.2 Å². The Bertz CT molecular complexity index is 1330. The van der Waals surface area contributed by atoms with Gasteiger partial charge in [-0.25, -0.2) is 14.6 Å². The molecule has 9 heteroatoms. The normalized spacial score (nSPS) is 10.9. The molecule has 0 radical (unpaired) electrons. The molecule has 0 aliphatic rings. The van der Waals surface area contributed by atoms with Crippen LogP contribution in [-0.2, 0) is 11.3 Å². The molecule has 0 saturated carbocycles. The number of esters is 1. The van der Waals surface area contributed by atoms with Crippen LogP contribution in [0.4, 0.5) is 0 Å². The van der Waals surface area contributed by atoms with Crippen molar-refractivity contribution in [3.05, 3.63) is 75.7 Å². The number of methoxy groups -OCH3 is 1. The number of benzene rings is 1. The highest BCUT2D eigenvalue weighted by Gasteiger charge is 2.30. The van der Waals surface area contributed by atoms with Crippen LogP contribution in [0.25, 0.3) is 16.2 Å². The van der Waals surface area contributed by atoms with E-state index in [0.717, 1.165) is 21.2 Å². The Morgan fingerprint density at radius 3 is 2.87 bits per heavy atom. The Hall–Kier alpha value is -3.72. The molecule has 4 rings (SSSR count). The van der Waals surface area contributed by atoms with Crippen LogP contribution in [0.3, 0.4) is 0 Å². The number of fused-ring (bicyclic) bond motifs is 1. The minimum absolute atomic E-state index is 0.0912. The van der Waals surface area contributed by atoms with Crippen molar-refractivity contribution < 1.29 is 23.9 Å². The second-order valence-electron chi connectivity index (χ2n) is 6.60. The summed E-state index contributed by atoms with van der Waals surface area (Å²) in [5, 5.41) is 11.6. The van der Waals surface area contributed by atoms with Gasteiger partial charge in [0.25, 0.3) is 5.65 Å². The zero-order valence-corrected chi connectivity index (χ0v) is 17.8. The SMILES string of the molecule is CCOC(=O)c1c(O)[n+](Cc2cnc(-c3cccc(OC)c3)s2)c2ccccn2c1=O. The van der Waals surface area contributed by atoms with Gasteiger partial charge in [0.15, 0.2) is 0 Å². The maximum Gasteiger partial charge on any atom is 0.361 e. The van der Waals surface area contributed by atoms with Gasteiger partial charge in [0.1, 0.15) is 17.3 Å². The maximum atomic E-state index is 12.8. The lowest BCUT2D eigenvalue weighted by Gasteiger charge is -2.08. The van der Waals surface area contributed by atoms with Gasteiger partial charge in [-0.3, -0.25) is 0 Å². The molecular weight excluding hydrogens is 418 g/mol. The molecule has 1 aromatic carbocycles. The van der Waals surface area contributed by atoms with Gasteiger partial charge in [-0.2, -0.15) is 8.97 Å². The van der Waals surface area contributed by atoms with E-state index >= 15 is 0 Å². The number of pyridine rings is 1. The van der Waals surface area contributed by atoms with Crippen molar-refractivity contribution in [3.63, 3.8) is 0 Å². The highest BCUT2D eigenvalue weighted by atomic mass is 32.1. The molecule has 31 heavy (non-hydrogen) atoms. The molecule has 0 aliphatic carbocycles. The third-order valence-electron chi connectivity index (χ3n) is 4.69. The summed E-state index contributed by atoms with van der Waals surface area (Å²) >= 11 is 1.44. The van der Waals surface area contributed by atoms with E-state index in [0.29, 0.717) is 5.65 Å². The number of nitrogens with zero attached hydrogens (tertiary/aromatic N) is 3. The van der Waals surface area contributed by atoms with Crippen molar-refractivity contribution >= 4 is 23.0 Å². The average molecular weight is 438 g/mol. The lowest BCUT2D eigenvalue weighted by Crippen LogP contribution is -2.43. The van der Waals surface area contributed by atoms with Gasteiger partial charge in [0.05, 0.1) is 24.8 Å². The Kier molecular flexibility index (Phi) is 5.68. The highest BCUT2D eigenvalue weighted by molar-refractivity contribution is 7.15. The molecule has 3 heterocycles. The topological polar surface area (TPSA) is 94.0 Å². The fraction of sp³-hybridized carbons (Fsp3) is 0.182. The Morgan fingerprint density at radius 2 is 2.10 bits per heavy atom. The first-order chi connectivity index (χ1) is 15.0. The van der Waals surface area contributed by atoms with Gasteiger partial charge in [0.2, 0.25) is 5.56 Å². The van der Waals surface area contributed by atoms with Crippen LogP contribution in [0.15, 0.2) is 59.7 Å². The summed E-state index contributed by atoms with van der Waals surface area (Å²) in [6.07, 6.45) is 3.26. The molecule has 0 unspecified atom stereocenters. The molecule has 0 saturated heterocycles. The second-order valence-corrected chi connectivity index (χ2v) is 7.72. The van der Waals surface area contributed by atoms with E-state index in [9.17, 15) is 14.7 Å². The minimum atomic E-state index is -0.863. The van der Waals surface area contributed by atoms with E-state index < -0.39 is 23.0 Å². The first-order valence-electron chi connectivity index (χ1n) is 9.56. The van der Waals surface area contributed by atoms with Crippen LogP contribution >= 0.6 is 11.3 Å². The van der Waals surface area contributed by atoms with Crippen molar-refractivity contribution in [1.29, 1.82) is 0 Å². The summed E-state index contributed by atoms with van der Waals surface area (Å²) in [6.45, 7) is 1.95. The number of carbonyl (C=O) groups is 1. The van der Waals surface area contributed by atoms with Crippen molar-refractivity contribution in [1.82, 2.24) is 9.38 Å². The van der Waals surface area contributed by atoms with Crippen molar-refractivity contribution in [2.75, 3.05) is 13.7 Å². The minimum Gasteiger partial charge on any atom is -0.497 e. The smallest absolute Gasteiger partial charge is 0.361 e. The number of aromatic hydroxyl groups is 1. The van der Waals surface area contributed by atoms with Crippen molar-refractivity contribution in [2.24, 2.45) is 0 Å². The molecule has 4 aromatic rings. The molecule has 158 valence electrons. The monoisotopic (exact) mass is 438 g/mol. The fourth-order valence-corrected chi connectivity index (χ4v) is 4.15. The van der Waals surface area contributed by atoms with Gasteiger partial charge in [-0.15, -0.1) is 11.3 Å². The summed E-state index contributed by atoms with van der Waals surface area (Å²) in [7, 11) is 1.61. The van der Waals surface area contributed by atoms with E-state index in [4.69, 9.17) is 9.47 Å². The summed E-state index contributed by atoms with van der Waals surface area (Å²) < 4.78 is 13.1. The van der Waals surface area contributed by atoms with E-state index in [1.807, 2.05) is 24.3 Å². The van der Waals surface area contributed by atoms with Crippen LogP contribution < -0.4 is 14.9 Å². The van der Waals surface area contributed by atoms with Crippen LogP contribution in [0, 0.1) is 0 Å². The summed E-state index contributed by atoms with van der Waals surface area (Å²) in [5.41, 5.74) is 0.313. The predicted octanol–water partition coefficient (Wildman–Crippen LogP) is 2.65. The van der Waals surface area contributed by atoms with Gasteiger partial charge in [-0.05, 0) is 25.1 Å². The van der Waals surface area contributed by atoms with Gasteiger partial charge >= 0.3 is 17.4 Å². The Morgan fingerprint density at radius 1 is 1.26 bits per heavy atom. The Labute approximate surface area is 181 Å².